The van der Waals surface area contributed by atoms with Crippen molar-refractivity contribution in [1.82, 2.24) is 0 Å². The molecular formula is C34H62O12. The van der Waals surface area contributed by atoms with Crippen molar-refractivity contribution in [2.75, 3.05) is 106 Å². The predicted molar refractivity (Wildman–Crippen MR) is 171 cm³/mol. The highest BCUT2D eigenvalue weighted by atomic mass is 16.6. The van der Waals surface area contributed by atoms with Crippen molar-refractivity contribution >= 4 is 11.9 Å². The van der Waals surface area contributed by atoms with E-state index in [0.29, 0.717) is 92.1 Å². The summed E-state index contributed by atoms with van der Waals surface area (Å²) in [6.45, 7) is 9.23. The third-order valence-corrected chi connectivity index (χ3v) is 7.99. The molecule has 0 amide bonds. The van der Waals surface area contributed by atoms with Crippen LogP contribution in [-0.4, -0.2) is 130 Å². The quantitative estimate of drug-likeness (QED) is 0.125. The Morgan fingerprint density at radius 3 is 1.28 bits per heavy atom. The van der Waals surface area contributed by atoms with Crippen molar-refractivity contribution in [3.05, 3.63) is 0 Å². The number of hydrogen-bond donors (Lipinski definition) is 0. The van der Waals surface area contributed by atoms with Gasteiger partial charge in [0.2, 0.25) is 0 Å². The first kappa shape index (κ1) is 40.8. The second kappa shape index (κ2) is 27.6. The molecule has 0 aromatic heterocycles. The van der Waals surface area contributed by atoms with E-state index in [1.807, 2.05) is 0 Å². The molecule has 270 valence electrons. The molecule has 2 aliphatic rings. The normalized spacial score (nSPS) is 22.0. The van der Waals surface area contributed by atoms with Crippen LogP contribution in [0.5, 0.6) is 0 Å². The molecule has 12 nitrogen and oxygen atoms in total. The van der Waals surface area contributed by atoms with Gasteiger partial charge in [-0.05, 0) is 13.3 Å². The monoisotopic (exact) mass is 662 g/mol. The lowest BCUT2D eigenvalue weighted by Gasteiger charge is -2.28. The Morgan fingerprint density at radius 2 is 0.870 bits per heavy atom. The maximum Gasteiger partial charge on any atom is 0.323 e. The van der Waals surface area contributed by atoms with Gasteiger partial charge < -0.3 is 47.4 Å². The van der Waals surface area contributed by atoms with Crippen LogP contribution >= 0.6 is 0 Å². The summed E-state index contributed by atoms with van der Waals surface area (Å²) in [5.74, 6) is -1.27. The van der Waals surface area contributed by atoms with E-state index in [0.717, 1.165) is 19.3 Å². The molecule has 2 heterocycles. The maximum atomic E-state index is 13.6. The number of unbranched alkanes of at least 4 members (excludes halogenated alkanes) is 9. The Balaban J connectivity index is 1.93. The minimum absolute atomic E-state index is 0.0533. The highest BCUT2D eigenvalue weighted by molar-refractivity contribution is 5.99. The van der Waals surface area contributed by atoms with Crippen LogP contribution in [0.4, 0.5) is 0 Å². The molecule has 2 fully saturated rings. The number of hydrogen-bond acceptors (Lipinski definition) is 12. The Kier molecular flexibility index (Phi) is 24.4. The highest BCUT2D eigenvalue weighted by Gasteiger charge is 2.44. The van der Waals surface area contributed by atoms with Crippen LogP contribution in [0, 0.1) is 5.41 Å². The van der Waals surface area contributed by atoms with E-state index in [1.165, 1.54) is 38.5 Å². The molecule has 2 atom stereocenters. The van der Waals surface area contributed by atoms with Gasteiger partial charge in [0.15, 0.2) is 5.41 Å². The van der Waals surface area contributed by atoms with Crippen LogP contribution in [0.3, 0.4) is 0 Å². The topological polar surface area (TPSA) is 126 Å². The first-order chi connectivity index (χ1) is 22.6. The van der Waals surface area contributed by atoms with E-state index in [2.05, 4.69) is 6.92 Å². The number of carbonyl (C=O) groups excluding carboxylic acids is 2. The molecule has 12 heteroatoms. The minimum atomic E-state index is -1.48. The molecule has 0 aromatic rings. The fraction of sp³-hybridized carbons (Fsp3) is 0.941. The summed E-state index contributed by atoms with van der Waals surface area (Å²) in [5.41, 5.74) is -1.48. The third kappa shape index (κ3) is 19.4. The summed E-state index contributed by atoms with van der Waals surface area (Å²) in [7, 11) is 0. The summed E-state index contributed by atoms with van der Waals surface area (Å²) < 4.78 is 56.3. The van der Waals surface area contributed by atoms with Gasteiger partial charge in [0.05, 0.1) is 92.5 Å². The average molecular weight is 663 g/mol. The summed E-state index contributed by atoms with van der Waals surface area (Å²) in [6.07, 6.45) is 10.8. The lowest BCUT2D eigenvalue weighted by Crippen LogP contribution is -2.42. The summed E-state index contributed by atoms with van der Waals surface area (Å²) in [6, 6.07) is 0. The van der Waals surface area contributed by atoms with E-state index >= 15 is 0 Å². The third-order valence-electron chi connectivity index (χ3n) is 7.99. The fourth-order valence-corrected chi connectivity index (χ4v) is 5.05. The Morgan fingerprint density at radius 1 is 0.522 bits per heavy atom. The smallest absolute Gasteiger partial charge is 0.323 e. The molecule has 0 N–H and O–H groups in total. The van der Waals surface area contributed by atoms with Gasteiger partial charge >= 0.3 is 11.9 Å². The summed E-state index contributed by atoms with van der Waals surface area (Å²) in [4.78, 5) is 27.1. The molecular weight excluding hydrogens is 600 g/mol. The number of rotatable bonds is 17. The first-order valence-electron chi connectivity index (χ1n) is 17.6. The second-order valence-electron chi connectivity index (χ2n) is 12.0. The molecule has 0 bridgehead atoms. The standard InChI is InChI=1S/C34H62O12/c1-3-4-5-6-7-8-9-10-11-12-13-34(2,32(35)45-28-30-26-41-20-18-37-14-16-39-22-24-43-30)33(36)46-29-31-27-42-21-19-38-15-17-40-23-25-44-31/h30-31H,3-29H2,1-2H3/t30-,31-/m1/s1. The highest BCUT2D eigenvalue weighted by Crippen LogP contribution is 2.29. The van der Waals surface area contributed by atoms with Crippen LogP contribution in [0.1, 0.15) is 84.5 Å². The van der Waals surface area contributed by atoms with Crippen molar-refractivity contribution in [1.29, 1.82) is 0 Å². The van der Waals surface area contributed by atoms with Crippen LogP contribution < -0.4 is 0 Å². The Labute approximate surface area is 276 Å². The number of carbonyl (C=O) groups is 2. The minimum Gasteiger partial charge on any atom is -0.462 e. The average Bonchev–Trinajstić information content (AvgIpc) is 3.04. The maximum absolute atomic E-state index is 13.6. The van der Waals surface area contributed by atoms with Gasteiger partial charge in [0.25, 0.3) is 0 Å². The summed E-state index contributed by atoms with van der Waals surface area (Å²) in [5, 5.41) is 0. The molecule has 2 rings (SSSR count). The van der Waals surface area contributed by atoms with Gasteiger partial charge in [-0.25, -0.2) is 0 Å². The molecule has 2 saturated heterocycles. The zero-order chi connectivity index (χ0) is 33.0. The van der Waals surface area contributed by atoms with Crippen LogP contribution in [0.2, 0.25) is 0 Å². The van der Waals surface area contributed by atoms with Gasteiger partial charge in [0.1, 0.15) is 25.4 Å². The zero-order valence-corrected chi connectivity index (χ0v) is 28.6. The van der Waals surface area contributed by atoms with Crippen molar-refractivity contribution < 1.29 is 57.0 Å². The molecule has 0 radical (unpaired) electrons. The van der Waals surface area contributed by atoms with E-state index in [9.17, 15) is 9.59 Å². The largest absolute Gasteiger partial charge is 0.462 e. The van der Waals surface area contributed by atoms with Gasteiger partial charge in [-0.2, -0.15) is 0 Å². The summed E-state index contributed by atoms with van der Waals surface area (Å²) >= 11 is 0. The van der Waals surface area contributed by atoms with Gasteiger partial charge in [-0.15, -0.1) is 0 Å². The van der Waals surface area contributed by atoms with Crippen molar-refractivity contribution in [3.63, 3.8) is 0 Å². The molecule has 0 aromatic carbocycles. The first-order valence-corrected chi connectivity index (χ1v) is 17.6. The lowest BCUT2D eigenvalue weighted by molar-refractivity contribution is -0.178. The van der Waals surface area contributed by atoms with Crippen molar-refractivity contribution in [3.8, 4) is 0 Å². The molecule has 0 saturated carbocycles. The van der Waals surface area contributed by atoms with Crippen molar-refractivity contribution in [2.45, 2.75) is 96.7 Å². The van der Waals surface area contributed by atoms with Gasteiger partial charge in [0, 0.05) is 0 Å². The zero-order valence-electron chi connectivity index (χ0n) is 28.6. The van der Waals surface area contributed by atoms with E-state index in [4.69, 9.17) is 47.4 Å². The molecule has 0 unspecified atom stereocenters. The van der Waals surface area contributed by atoms with E-state index in [-0.39, 0.29) is 26.4 Å². The predicted octanol–water partition coefficient (Wildman–Crippen LogP) is 4.29. The Hall–Kier alpha value is -1.38. The van der Waals surface area contributed by atoms with Crippen LogP contribution in [-0.2, 0) is 57.0 Å². The van der Waals surface area contributed by atoms with E-state index in [1.54, 1.807) is 6.92 Å². The number of ether oxygens (including phenoxy) is 10. The second-order valence-corrected chi connectivity index (χ2v) is 12.0. The van der Waals surface area contributed by atoms with Crippen LogP contribution in [0.15, 0.2) is 0 Å². The Bertz CT molecular complexity index is 682. The SMILES string of the molecule is CCCCCCCCCCCCC(C)(C(=O)OC[C@H]1COCCOCCOCCO1)C(=O)OC[C@H]1COCCOCCOCCO1. The van der Waals surface area contributed by atoms with E-state index < -0.39 is 29.6 Å². The van der Waals surface area contributed by atoms with Gasteiger partial charge in [-0.3, -0.25) is 9.59 Å². The lowest BCUT2D eigenvalue weighted by atomic mass is 9.84. The van der Waals surface area contributed by atoms with Crippen molar-refractivity contribution in [2.24, 2.45) is 5.41 Å². The molecule has 2 aliphatic heterocycles. The van der Waals surface area contributed by atoms with Crippen LogP contribution in [0.25, 0.3) is 0 Å². The molecule has 0 aliphatic carbocycles. The number of esters is 2. The fourth-order valence-electron chi connectivity index (χ4n) is 5.05. The molecule has 46 heavy (non-hydrogen) atoms. The molecule has 0 spiro atoms. The van der Waals surface area contributed by atoms with Gasteiger partial charge in [-0.1, -0.05) is 71.1 Å².